The van der Waals surface area contributed by atoms with Crippen LogP contribution in [-0.4, -0.2) is 16.3 Å². The van der Waals surface area contributed by atoms with Gasteiger partial charge in [-0.25, -0.2) is 0 Å². The summed E-state index contributed by atoms with van der Waals surface area (Å²) in [5, 5.41) is 8.14. The molecule has 1 N–H and O–H groups in total. The molecule has 4 heteroatoms. The van der Waals surface area contributed by atoms with Crippen LogP contribution in [0.1, 0.15) is 48.7 Å². The third-order valence-electron chi connectivity index (χ3n) is 3.74. The highest BCUT2D eigenvalue weighted by atomic mass is 79.9. The van der Waals surface area contributed by atoms with Crippen LogP contribution in [0.2, 0.25) is 0 Å². The van der Waals surface area contributed by atoms with Crippen LogP contribution >= 0.6 is 15.9 Å². The maximum Gasteiger partial charge on any atom is 0.0762 e. The highest BCUT2D eigenvalue weighted by Gasteiger charge is 2.22. The van der Waals surface area contributed by atoms with E-state index >= 15 is 0 Å². The van der Waals surface area contributed by atoms with Gasteiger partial charge in [-0.1, -0.05) is 30.7 Å². The maximum absolute atomic E-state index is 4.47. The Morgan fingerprint density at radius 3 is 2.67 bits per heavy atom. The highest BCUT2D eigenvalue weighted by molar-refractivity contribution is 9.10. The largest absolute Gasteiger partial charge is 0.305 e. The van der Waals surface area contributed by atoms with Gasteiger partial charge in [0.15, 0.2) is 0 Å². The highest BCUT2D eigenvalue weighted by Crippen LogP contribution is 2.30. The van der Waals surface area contributed by atoms with Crippen molar-refractivity contribution in [3.8, 4) is 0 Å². The second-order valence-corrected chi connectivity index (χ2v) is 6.30. The lowest BCUT2D eigenvalue weighted by Gasteiger charge is -2.23. The topological polar surface area (TPSA) is 29.9 Å². The molecule has 0 saturated heterocycles. The summed E-state index contributed by atoms with van der Waals surface area (Å²) in [5.74, 6) is 0. The molecule has 1 aromatic carbocycles. The predicted molar refractivity (Wildman–Crippen MR) is 91.7 cm³/mol. The molecule has 21 heavy (non-hydrogen) atoms. The van der Waals surface area contributed by atoms with E-state index in [4.69, 9.17) is 0 Å². The van der Waals surface area contributed by atoms with Gasteiger partial charge >= 0.3 is 0 Å². The Hall–Kier alpha value is -1.13. The van der Waals surface area contributed by atoms with Crippen LogP contribution < -0.4 is 5.32 Å². The number of hydrogen-bond acceptors (Lipinski definition) is 2. The number of benzene rings is 1. The van der Waals surface area contributed by atoms with Crippen LogP contribution in [0.4, 0.5) is 0 Å². The molecule has 0 amide bonds. The molecule has 1 aromatic heterocycles. The van der Waals surface area contributed by atoms with Crippen molar-refractivity contribution in [3.05, 3.63) is 51.3 Å². The molecule has 114 valence electrons. The number of rotatable bonds is 6. The molecule has 2 aromatic rings. The van der Waals surface area contributed by atoms with E-state index in [1.807, 2.05) is 6.20 Å². The van der Waals surface area contributed by atoms with Crippen LogP contribution in [0.3, 0.4) is 0 Å². The minimum absolute atomic E-state index is 0.169. The van der Waals surface area contributed by atoms with E-state index in [0.717, 1.165) is 24.0 Å². The van der Waals surface area contributed by atoms with Crippen LogP contribution in [0.5, 0.6) is 0 Å². The van der Waals surface area contributed by atoms with Gasteiger partial charge in [-0.2, -0.15) is 5.10 Å². The van der Waals surface area contributed by atoms with E-state index in [1.54, 1.807) is 0 Å². The van der Waals surface area contributed by atoms with Gasteiger partial charge in [0.1, 0.15) is 0 Å². The van der Waals surface area contributed by atoms with Crippen LogP contribution in [0.25, 0.3) is 0 Å². The number of nitrogens with one attached hydrogen (secondary N) is 1. The van der Waals surface area contributed by atoms with Crippen molar-refractivity contribution in [1.29, 1.82) is 0 Å². The zero-order chi connectivity index (χ0) is 15.4. The first-order valence-corrected chi connectivity index (χ1v) is 8.39. The predicted octanol–water partition coefficient (Wildman–Crippen LogP) is 4.37. The molecular weight excluding hydrogens is 326 g/mol. The lowest BCUT2D eigenvalue weighted by molar-refractivity contribution is 0.527. The van der Waals surface area contributed by atoms with E-state index in [-0.39, 0.29) is 6.04 Å². The minimum atomic E-state index is 0.169. The summed E-state index contributed by atoms with van der Waals surface area (Å²) in [6.45, 7) is 10.5. The standard InChI is InChI=1S/C17H24BrN3/c1-5-9-19-16(14-8-7-12(3)10-13(14)4)17-15(18)11-20-21(17)6-2/h7-8,10-11,16,19H,5-6,9H2,1-4H3. The zero-order valence-electron chi connectivity index (χ0n) is 13.3. The lowest BCUT2D eigenvalue weighted by atomic mass is 9.96. The first-order chi connectivity index (χ1) is 10.1. The van der Waals surface area contributed by atoms with Crippen LogP contribution in [-0.2, 0) is 6.54 Å². The minimum Gasteiger partial charge on any atom is -0.305 e. The second kappa shape index (κ2) is 7.23. The monoisotopic (exact) mass is 349 g/mol. The molecule has 0 radical (unpaired) electrons. The van der Waals surface area contributed by atoms with Crippen molar-refractivity contribution in [2.45, 2.75) is 46.7 Å². The molecule has 0 saturated carbocycles. The summed E-state index contributed by atoms with van der Waals surface area (Å²) >= 11 is 3.66. The third kappa shape index (κ3) is 3.55. The van der Waals surface area contributed by atoms with Gasteiger partial charge in [0.25, 0.3) is 0 Å². The Labute approximate surface area is 135 Å². The normalized spacial score (nSPS) is 12.6. The molecule has 0 spiro atoms. The Balaban J connectivity index is 2.49. The van der Waals surface area contributed by atoms with Gasteiger partial charge < -0.3 is 5.32 Å². The van der Waals surface area contributed by atoms with E-state index in [1.165, 1.54) is 22.4 Å². The number of aryl methyl sites for hydroxylation is 3. The zero-order valence-corrected chi connectivity index (χ0v) is 14.9. The molecule has 0 aliphatic carbocycles. The Morgan fingerprint density at radius 2 is 2.05 bits per heavy atom. The maximum atomic E-state index is 4.47. The van der Waals surface area contributed by atoms with Crippen molar-refractivity contribution < 1.29 is 0 Å². The molecule has 0 bridgehead atoms. The Kier molecular flexibility index (Phi) is 5.59. The summed E-state index contributed by atoms with van der Waals surface area (Å²) < 4.78 is 3.13. The summed E-state index contributed by atoms with van der Waals surface area (Å²) in [6.07, 6.45) is 3.00. The van der Waals surface area contributed by atoms with E-state index in [9.17, 15) is 0 Å². The van der Waals surface area contributed by atoms with Gasteiger partial charge in [-0.3, -0.25) is 4.68 Å². The van der Waals surface area contributed by atoms with Gasteiger partial charge in [-0.05, 0) is 60.8 Å². The molecule has 1 atom stereocenters. The third-order valence-corrected chi connectivity index (χ3v) is 4.35. The molecule has 0 fully saturated rings. The van der Waals surface area contributed by atoms with Crippen molar-refractivity contribution in [2.75, 3.05) is 6.54 Å². The van der Waals surface area contributed by atoms with Crippen molar-refractivity contribution in [1.82, 2.24) is 15.1 Å². The molecule has 3 nitrogen and oxygen atoms in total. The molecule has 1 unspecified atom stereocenters. The second-order valence-electron chi connectivity index (χ2n) is 5.44. The average Bonchev–Trinajstić information content (AvgIpc) is 2.82. The van der Waals surface area contributed by atoms with E-state index in [2.05, 4.69) is 76.9 Å². The lowest BCUT2D eigenvalue weighted by Crippen LogP contribution is -2.26. The van der Waals surface area contributed by atoms with Gasteiger partial charge in [-0.15, -0.1) is 0 Å². The first kappa shape index (κ1) is 16.2. The van der Waals surface area contributed by atoms with Crippen LogP contribution in [0.15, 0.2) is 28.9 Å². The van der Waals surface area contributed by atoms with Crippen LogP contribution in [0, 0.1) is 13.8 Å². The van der Waals surface area contributed by atoms with Crippen molar-refractivity contribution >= 4 is 15.9 Å². The van der Waals surface area contributed by atoms with Gasteiger partial charge in [0.05, 0.1) is 22.4 Å². The number of hydrogen-bond donors (Lipinski definition) is 1. The Morgan fingerprint density at radius 1 is 1.29 bits per heavy atom. The summed E-state index contributed by atoms with van der Waals surface area (Å²) in [6, 6.07) is 6.83. The molecule has 0 aliphatic rings. The summed E-state index contributed by atoms with van der Waals surface area (Å²) in [4.78, 5) is 0. The number of nitrogens with zero attached hydrogens (tertiary/aromatic N) is 2. The molecular formula is C17H24BrN3. The number of aromatic nitrogens is 2. The molecule has 1 heterocycles. The fourth-order valence-corrected chi connectivity index (χ4v) is 3.23. The van der Waals surface area contributed by atoms with E-state index in [0.29, 0.717) is 0 Å². The van der Waals surface area contributed by atoms with E-state index < -0.39 is 0 Å². The first-order valence-electron chi connectivity index (χ1n) is 7.60. The Bertz CT molecular complexity index is 604. The molecule has 2 rings (SSSR count). The smallest absolute Gasteiger partial charge is 0.0762 e. The van der Waals surface area contributed by atoms with Gasteiger partial charge in [0.2, 0.25) is 0 Å². The summed E-state index contributed by atoms with van der Waals surface area (Å²) in [7, 11) is 0. The fraction of sp³-hybridized carbons (Fsp3) is 0.471. The quantitative estimate of drug-likeness (QED) is 0.838. The number of halogens is 1. The molecule has 0 aliphatic heterocycles. The fourth-order valence-electron chi connectivity index (χ4n) is 2.70. The SMILES string of the molecule is CCCNC(c1ccc(C)cc1C)c1c(Br)cnn1CC. The average molecular weight is 350 g/mol. The van der Waals surface area contributed by atoms with Crippen molar-refractivity contribution in [3.63, 3.8) is 0 Å². The summed E-state index contributed by atoms with van der Waals surface area (Å²) in [5.41, 5.74) is 5.15. The van der Waals surface area contributed by atoms with Gasteiger partial charge in [0, 0.05) is 6.54 Å². The van der Waals surface area contributed by atoms with Crippen molar-refractivity contribution in [2.24, 2.45) is 0 Å².